The third-order valence-corrected chi connectivity index (χ3v) is 2.77. The summed E-state index contributed by atoms with van der Waals surface area (Å²) in [5.41, 5.74) is 1.43. The van der Waals surface area contributed by atoms with Gasteiger partial charge in [-0.05, 0) is 31.2 Å². The standard InChI is InChI=1S/C14H13N3O3/c1-9-12(8-15)13(17(2)16-9)20-11-6-4-10(5-7-11)14(18)19-3/h4-7H,1-3H3. The fourth-order valence-electron chi connectivity index (χ4n) is 1.77. The molecule has 1 aromatic heterocycles. The van der Waals surface area contributed by atoms with Crippen molar-refractivity contribution >= 4 is 5.97 Å². The number of hydrogen-bond acceptors (Lipinski definition) is 5. The minimum Gasteiger partial charge on any atom is -0.465 e. The first-order valence-electron chi connectivity index (χ1n) is 5.86. The molecule has 102 valence electrons. The van der Waals surface area contributed by atoms with Crippen LogP contribution in [0.4, 0.5) is 0 Å². The second-order valence-corrected chi connectivity index (χ2v) is 4.12. The Morgan fingerprint density at radius 3 is 2.55 bits per heavy atom. The van der Waals surface area contributed by atoms with Gasteiger partial charge in [-0.15, -0.1) is 0 Å². The van der Waals surface area contributed by atoms with E-state index in [1.165, 1.54) is 11.8 Å². The predicted octanol–water partition coefficient (Wildman–Crippen LogP) is 2.18. The summed E-state index contributed by atoms with van der Waals surface area (Å²) >= 11 is 0. The van der Waals surface area contributed by atoms with Crippen LogP contribution in [-0.4, -0.2) is 22.9 Å². The topological polar surface area (TPSA) is 77.1 Å². The maximum atomic E-state index is 11.3. The lowest BCUT2D eigenvalue weighted by Crippen LogP contribution is -2.01. The highest BCUT2D eigenvalue weighted by Crippen LogP contribution is 2.26. The molecule has 2 aromatic rings. The lowest BCUT2D eigenvalue weighted by atomic mass is 10.2. The van der Waals surface area contributed by atoms with E-state index in [-0.39, 0.29) is 0 Å². The first-order chi connectivity index (χ1) is 9.56. The molecular formula is C14H13N3O3. The Morgan fingerprint density at radius 1 is 1.35 bits per heavy atom. The van der Waals surface area contributed by atoms with E-state index in [1.807, 2.05) is 0 Å². The number of nitriles is 1. The van der Waals surface area contributed by atoms with E-state index in [4.69, 9.17) is 10.00 Å². The molecule has 0 spiro atoms. The van der Waals surface area contributed by atoms with Gasteiger partial charge in [0.2, 0.25) is 5.88 Å². The van der Waals surface area contributed by atoms with E-state index in [2.05, 4.69) is 15.9 Å². The highest BCUT2D eigenvalue weighted by Gasteiger charge is 2.15. The fraction of sp³-hybridized carbons (Fsp3) is 0.214. The number of carbonyl (C=O) groups excluding carboxylic acids is 1. The maximum absolute atomic E-state index is 11.3. The van der Waals surface area contributed by atoms with Gasteiger partial charge in [0.1, 0.15) is 17.4 Å². The zero-order valence-corrected chi connectivity index (χ0v) is 11.4. The van der Waals surface area contributed by atoms with Crippen molar-refractivity contribution in [2.24, 2.45) is 7.05 Å². The molecule has 0 aliphatic heterocycles. The van der Waals surface area contributed by atoms with Crippen molar-refractivity contribution in [2.45, 2.75) is 6.92 Å². The number of rotatable bonds is 3. The molecule has 1 heterocycles. The van der Waals surface area contributed by atoms with E-state index < -0.39 is 5.97 Å². The molecule has 20 heavy (non-hydrogen) atoms. The van der Waals surface area contributed by atoms with Gasteiger partial charge < -0.3 is 9.47 Å². The Bertz CT molecular complexity index is 681. The van der Waals surface area contributed by atoms with Gasteiger partial charge in [0.25, 0.3) is 0 Å². The number of nitrogens with zero attached hydrogens (tertiary/aromatic N) is 3. The predicted molar refractivity (Wildman–Crippen MR) is 70.5 cm³/mol. The molecular weight excluding hydrogens is 258 g/mol. The number of benzene rings is 1. The maximum Gasteiger partial charge on any atom is 0.337 e. The SMILES string of the molecule is COC(=O)c1ccc(Oc2c(C#N)c(C)nn2C)cc1. The van der Waals surface area contributed by atoms with Crippen molar-refractivity contribution in [1.82, 2.24) is 9.78 Å². The zero-order valence-electron chi connectivity index (χ0n) is 11.4. The molecule has 0 amide bonds. The number of carbonyl (C=O) groups is 1. The number of methoxy groups -OCH3 is 1. The Morgan fingerprint density at radius 2 is 2.00 bits per heavy atom. The quantitative estimate of drug-likeness (QED) is 0.799. The molecule has 2 rings (SSSR count). The van der Waals surface area contributed by atoms with Crippen molar-refractivity contribution in [1.29, 1.82) is 5.26 Å². The highest BCUT2D eigenvalue weighted by atomic mass is 16.5. The average Bonchev–Trinajstić information content (AvgIpc) is 2.72. The van der Waals surface area contributed by atoms with Crippen LogP contribution in [0.1, 0.15) is 21.6 Å². The van der Waals surface area contributed by atoms with Crippen LogP contribution < -0.4 is 4.74 Å². The minimum absolute atomic E-state index is 0.371. The van der Waals surface area contributed by atoms with Gasteiger partial charge in [0.15, 0.2) is 0 Å². The van der Waals surface area contributed by atoms with Gasteiger partial charge in [-0.1, -0.05) is 0 Å². The van der Waals surface area contributed by atoms with Gasteiger partial charge in [0.05, 0.1) is 18.4 Å². The lowest BCUT2D eigenvalue weighted by molar-refractivity contribution is 0.0600. The van der Waals surface area contributed by atoms with E-state index in [9.17, 15) is 4.79 Å². The summed E-state index contributed by atoms with van der Waals surface area (Å²) in [6.07, 6.45) is 0. The molecule has 0 N–H and O–H groups in total. The normalized spacial score (nSPS) is 9.90. The second kappa shape index (κ2) is 5.45. The van der Waals surface area contributed by atoms with Gasteiger partial charge in [-0.25, -0.2) is 9.48 Å². The largest absolute Gasteiger partial charge is 0.465 e. The van der Waals surface area contributed by atoms with Crippen LogP contribution in [0.5, 0.6) is 11.6 Å². The number of hydrogen-bond donors (Lipinski definition) is 0. The zero-order chi connectivity index (χ0) is 14.7. The molecule has 6 nitrogen and oxygen atoms in total. The summed E-state index contributed by atoms with van der Waals surface area (Å²) in [5, 5.41) is 13.2. The smallest absolute Gasteiger partial charge is 0.337 e. The molecule has 0 bridgehead atoms. The number of aryl methyl sites for hydroxylation is 2. The third kappa shape index (κ3) is 2.47. The first kappa shape index (κ1) is 13.6. The van der Waals surface area contributed by atoms with E-state index >= 15 is 0 Å². The summed E-state index contributed by atoms with van der Waals surface area (Å²) in [6.45, 7) is 1.74. The second-order valence-electron chi connectivity index (χ2n) is 4.12. The highest BCUT2D eigenvalue weighted by molar-refractivity contribution is 5.89. The number of esters is 1. The van der Waals surface area contributed by atoms with Crippen molar-refractivity contribution in [3.63, 3.8) is 0 Å². The van der Waals surface area contributed by atoms with Crippen LogP contribution in [-0.2, 0) is 11.8 Å². The summed E-state index contributed by atoms with van der Waals surface area (Å²) in [4.78, 5) is 11.3. The Balaban J connectivity index is 2.27. The molecule has 6 heteroatoms. The van der Waals surface area contributed by atoms with Gasteiger partial charge >= 0.3 is 5.97 Å². The molecule has 0 aliphatic carbocycles. The Labute approximate surface area is 116 Å². The van der Waals surface area contributed by atoms with Crippen molar-refractivity contribution in [2.75, 3.05) is 7.11 Å². The van der Waals surface area contributed by atoms with E-state index in [0.717, 1.165) is 0 Å². The van der Waals surface area contributed by atoms with Crippen molar-refractivity contribution in [3.8, 4) is 17.7 Å². The first-order valence-corrected chi connectivity index (χ1v) is 5.86. The van der Waals surface area contributed by atoms with E-state index in [1.54, 1.807) is 38.2 Å². The number of ether oxygens (including phenoxy) is 2. The molecule has 0 saturated carbocycles. The summed E-state index contributed by atoms with van der Waals surface area (Å²) in [6, 6.07) is 8.52. The molecule has 0 aliphatic rings. The van der Waals surface area contributed by atoms with Crippen LogP contribution in [0.25, 0.3) is 0 Å². The third-order valence-electron chi connectivity index (χ3n) is 2.77. The molecule has 0 unspecified atom stereocenters. The summed E-state index contributed by atoms with van der Waals surface area (Å²) < 4.78 is 11.8. The minimum atomic E-state index is -0.411. The average molecular weight is 271 g/mol. The molecule has 0 atom stereocenters. The summed E-state index contributed by atoms with van der Waals surface area (Å²) in [7, 11) is 3.02. The molecule has 0 saturated heterocycles. The van der Waals surface area contributed by atoms with Gasteiger partial charge in [0, 0.05) is 7.05 Å². The molecule has 1 aromatic carbocycles. The molecule has 0 fully saturated rings. The van der Waals surface area contributed by atoms with Crippen molar-refractivity contribution < 1.29 is 14.3 Å². The Kier molecular flexibility index (Phi) is 3.71. The van der Waals surface area contributed by atoms with Crippen LogP contribution in [0.2, 0.25) is 0 Å². The van der Waals surface area contributed by atoms with Gasteiger partial charge in [-0.2, -0.15) is 10.4 Å². The van der Waals surface area contributed by atoms with Crippen molar-refractivity contribution in [3.05, 3.63) is 41.1 Å². The van der Waals surface area contributed by atoms with Crippen LogP contribution in [0.15, 0.2) is 24.3 Å². The summed E-state index contributed by atoms with van der Waals surface area (Å²) in [5.74, 6) is 0.471. The van der Waals surface area contributed by atoms with E-state index in [0.29, 0.717) is 28.5 Å². The lowest BCUT2D eigenvalue weighted by Gasteiger charge is -2.06. The monoisotopic (exact) mass is 271 g/mol. The van der Waals surface area contributed by atoms with Crippen LogP contribution in [0, 0.1) is 18.3 Å². The van der Waals surface area contributed by atoms with Crippen LogP contribution in [0.3, 0.4) is 0 Å². The fourth-order valence-corrected chi connectivity index (χ4v) is 1.77. The Hall–Kier alpha value is -2.81. The number of aromatic nitrogens is 2. The van der Waals surface area contributed by atoms with Gasteiger partial charge in [-0.3, -0.25) is 0 Å². The molecule has 0 radical (unpaired) electrons. The van der Waals surface area contributed by atoms with Crippen LogP contribution >= 0.6 is 0 Å².